The Kier molecular flexibility index (Phi) is 6.33. The van der Waals surface area contributed by atoms with Crippen LogP contribution < -0.4 is 5.32 Å². The van der Waals surface area contributed by atoms with Gasteiger partial charge in [-0.2, -0.15) is 0 Å². The SMILES string of the molecule is Cc1cc(Cl)ccc1N=C1SC(CC(=O)Nc2ccc(Cl)cc2C)C(=O)N1C. The van der Waals surface area contributed by atoms with Crippen LogP contribution in [0.4, 0.5) is 11.4 Å². The highest BCUT2D eigenvalue weighted by molar-refractivity contribution is 8.15. The second-order valence-corrected chi connectivity index (χ2v) is 8.58. The van der Waals surface area contributed by atoms with Gasteiger partial charge in [-0.3, -0.25) is 14.5 Å². The van der Waals surface area contributed by atoms with Gasteiger partial charge in [-0.25, -0.2) is 4.99 Å². The Morgan fingerprint density at radius 1 is 1.14 bits per heavy atom. The molecule has 0 spiro atoms. The van der Waals surface area contributed by atoms with Crippen LogP contribution in [0.1, 0.15) is 17.5 Å². The van der Waals surface area contributed by atoms with Gasteiger partial charge in [0.15, 0.2) is 5.17 Å². The number of anilines is 1. The number of rotatable bonds is 4. The number of aliphatic imine (C=N–C) groups is 1. The molecule has 0 saturated carbocycles. The molecule has 1 heterocycles. The van der Waals surface area contributed by atoms with Gasteiger partial charge in [-0.15, -0.1) is 0 Å². The molecule has 1 fully saturated rings. The van der Waals surface area contributed by atoms with Gasteiger partial charge in [-0.05, 0) is 61.4 Å². The summed E-state index contributed by atoms with van der Waals surface area (Å²) in [4.78, 5) is 31.0. The summed E-state index contributed by atoms with van der Waals surface area (Å²) >= 11 is 13.2. The van der Waals surface area contributed by atoms with Crippen LogP contribution in [0.25, 0.3) is 0 Å². The van der Waals surface area contributed by atoms with E-state index in [0.717, 1.165) is 16.8 Å². The fourth-order valence-corrected chi connectivity index (χ4v) is 4.38. The molecule has 3 rings (SSSR count). The number of aryl methyl sites for hydroxylation is 2. The largest absolute Gasteiger partial charge is 0.326 e. The lowest BCUT2D eigenvalue weighted by Crippen LogP contribution is -2.30. The number of amides is 2. The second-order valence-electron chi connectivity index (χ2n) is 6.54. The monoisotopic (exact) mass is 435 g/mol. The lowest BCUT2D eigenvalue weighted by Gasteiger charge is -2.11. The number of halogens is 2. The summed E-state index contributed by atoms with van der Waals surface area (Å²) < 4.78 is 0. The van der Waals surface area contributed by atoms with Crippen molar-refractivity contribution in [2.45, 2.75) is 25.5 Å². The summed E-state index contributed by atoms with van der Waals surface area (Å²) in [6, 6.07) is 10.6. The van der Waals surface area contributed by atoms with E-state index in [9.17, 15) is 9.59 Å². The predicted molar refractivity (Wildman–Crippen MR) is 117 cm³/mol. The van der Waals surface area contributed by atoms with E-state index < -0.39 is 5.25 Å². The zero-order valence-corrected chi connectivity index (χ0v) is 18.0. The average Bonchev–Trinajstić information content (AvgIpc) is 2.88. The van der Waals surface area contributed by atoms with E-state index in [4.69, 9.17) is 23.2 Å². The van der Waals surface area contributed by atoms with Crippen molar-refractivity contribution in [2.75, 3.05) is 12.4 Å². The molecule has 1 N–H and O–H groups in total. The molecule has 2 aromatic rings. The number of benzene rings is 2. The van der Waals surface area contributed by atoms with Gasteiger partial charge in [0.2, 0.25) is 11.8 Å². The summed E-state index contributed by atoms with van der Waals surface area (Å²) in [7, 11) is 1.67. The van der Waals surface area contributed by atoms with Crippen LogP contribution in [-0.2, 0) is 9.59 Å². The topological polar surface area (TPSA) is 61.8 Å². The van der Waals surface area contributed by atoms with Gasteiger partial charge in [0.1, 0.15) is 5.25 Å². The Bertz CT molecular complexity index is 978. The summed E-state index contributed by atoms with van der Waals surface area (Å²) in [5, 5.41) is 4.14. The molecule has 5 nitrogen and oxygen atoms in total. The van der Waals surface area contributed by atoms with Crippen LogP contribution in [0.15, 0.2) is 41.4 Å². The van der Waals surface area contributed by atoms with Crippen LogP contribution in [0.2, 0.25) is 10.0 Å². The number of carbonyl (C=O) groups excluding carboxylic acids is 2. The molecule has 8 heteroatoms. The van der Waals surface area contributed by atoms with Crippen LogP contribution in [0, 0.1) is 13.8 Å². The Balaban J connectivity index is 1.70. The molecule has 1 aliphatic rings. The number of amidine groups is 1. The zero-order chi connectivity index (χ0) is 20.4. The van der Waals surface area contributed by atoms with Crippen molar-refractivity contribution in [3.63, 3.8) is 0 Å². The van der Waals surface area contributed by atoms with E-state index in [2.05, 4.69) is 10.3 Å². The van der Waals surface area contributed by atoms with Gasteiger partial charge in [0.05, 0.1) is 5.69 Å². The maximum Gasteiger partial charge on any atom is 0.242 e. The minimum atomic E-state index is -0.510. The molecule has 0 bridgehead atoms. The van der Waals surface area contributed by atoms with Gasteiger partial charge in [0.25, 0.3) is 0 Å². The van der Waals surface area contributed by atoms with Crippen LogP contribution >= 0.6 is 35.0 Å². The van der Waals surface area contributed by atoms with Crippen LogP contribution in [-0.4, -0.2) is 34.2 Å². The molecular weight excluding hydrogens is 417 g/mol. The molecule has 2 amide bonds. The van der Waals surface area contributed by atoms with Crippen LogP contribution in [0.3, 0.4) is 0 Å². The molecule has 0 aliphatic carbocycles. The Hall–Kier alpha value is -2.02. The Morgan fingerprint density at radius 3 is 2.43 bits per heavy atom. The first kappa shape index (κ1) is 20.7. The average molecular weight is 436 g/mol. The van der Waals surface area contributed by atoms with E-state index in [1.807, 2.05) is 26.0 Å². The molecule has 1 unspecified atom stereocenters. The molecule has 28 heavy (non-hydrogen) atoms. The summed E-state index contributed by atoms with van der Waals surface area (Å²) in [6.45, 7) is 3.77. The number of thioether (sulfide) groups is 1. The number of nitrogens with one attached hydrogen (secondary N) is 1. The molecule has 0 radical (unpaired) electrons. The van der Waals surface area contributed by atoms with Crippen molar-refractivity contribution in [3.05, 3.63) is 57.6 Å². The zero-order valence-electron chi connectivity index (χ0n) is 15.6. The number of hydrogen-bond acceptors (Lipinski definition) is 4. The highest BCUT2D eigenvalue weighted by Gasteiger charge is 2.37. The van der Waals surface area contributed by atoms with Gasteiger partial charge < -0.3 is 5.32 Å². The first-order valence-electron chi connectivity index (χ1n) is 8.59. The van der Waals surface area contributed by atoms with E-state index in [1.54, 1.807) is 31.3 Å². The molecule has 0 aromatic heterocycles. The molecule has 146 valence electrons. The highest BCUT2D eigenvalue weighted by Crippen LogP contribution is 2.32. The smallest absolute Gasteiger partial charge is 0.242 e. The number of nitrogens with zero attached hydrogens (tertiary/aromatic N) is 2. The van der Waals surface area contributed by atoms with Crippen LogP contribution in [0.5, 0.6) is 0 Å². The molecular formula is C20H19Cl2N3O2S. The molecule has 1 atom stereocenters. The number of hydrogen-bond donors (Lipinski definition) is 1. The third kappa shape index (κ3) is 4.69. The first-order valence-corrected chi connectivity index (χ1v) is 10.2. The van der Waals surface area contributed by atoms with E-state index in [1.165, 1.54) is 16.7 Å². The third-order valence-corrected chi connectivity index (χ3v) is 6.05. The summed E-state index contributed by atoms with van der Waals surface area (Å²) in [5.74, 6) is -0.369. The van der Waals surface area contributed by atoms with Gasteiger partial charge in [-0.1, -0.05) is 35.0 Å². The lowest BCUT2D eigenvalue weighted by molar-refractivity contribution is -0.127. The van der Waals surface area contributed by atoms with E-state index >= 15 is 0 Å². The maximum absolute atomic E-state index is 12.6. The van der Waals surface area contributed by atoms with Crippen molar-refractivity contribution in [1.29, 1.82) is 0 Å². The predicted octanol–water partition coefficient (Wildman–Crippen LogP) is 5.20. The standard InChI is InChI=1S/C20H19Cl2N3O2S/c1-11-8-13(21)4-6-15(11)23-18(26)10-17-19(27)25(3)20(28-17)24-16-7-5-14(22)9-12(16)2/h4-9,17H,10H2,1-3H3,(H,23,26). The second kappa shape index (κ2) is 8.55. The fraction of sp³-hybridized carbons (Fsp3) is 0.250. The summed E-state index contributed by atoms with van der Waals surface area (Å²) in [5.41, 5.74) is 3.21. The normalized spacial score (nSPS) is 18.0. The van der Waals surface area contributed by atoms with E-state index in [-0.39, 0.29) is 18.2 Å². The molecule has 1 aliphatic heterocycles. The van der Waals surface area contributed by atoms with Gasteiger partial charge >= 0.3 is 0 Å². The van der Waals surface area contributed by atoms with Gasteiger partial charge in [0, 0.05) is 29.2 Å². The first-order chi connectivity index (χ1) is 13.2. The minimum absolute atomic E-state index is 0.0640. The maximum atomic E-state index is 12.6. The lowest BCUT2D eigenvalue weighted by atomic mass is 10.2. The Morgan fingerprint density at radius 2 is 1.79 bits per heavy atom. The van der Waals surface area contributed by atoms with E-state index in [0.29, 0.717) is 20.9 Å². The Labute approximate surface area is 178 Å². The summed E-state index contributed by atoms with van der Waals surface area (Å²) in [6.07, 6.45) is 0.0640. The van der Waals surface area contributed by atoms with Crippen molar-refractivity contribution in [2.24, 2.45) is 4.99 Å². The minimum Gasteiger partial charge on any atom is -0.326 e. The number of carbonyl (C=O) groups is 2. The van der Waals surface area contributed by atoms with Crippen molar-refractivity contribution < 1.29 is 9.59 Å². The third-order valence-electron chi connectivity index (χ3n) is 4.35. The molecule has 1 saturated heterocycles. The quantitative estimate of drug-likeness (QED) is 0.717. The molecule has 2 aromatic carbocycles. The van der Waals surface area contributed by atoms with Crippen molar-refractivity contribution in [1.82, 2.24) is 4.90 Å². The van der Waals surface area contributed by atoms with Crippen molar-refractivity contribution >= 4 is 63.3 Å². The highest BCUT2D eigenvalue weighted by atomic mass is 35.5. The van der Waals surface area contributed by atoms with Crippen molar-refractivity contribution in [3.8, 4) is 0 Å². The fourth-order valence-electron chi connectivity index (χ4n) is 2.78.